The van der Waals surface area contributed by atoms with Gasteiger partial charge in [0.25, 0.3) is 0 Å². The first kappa shape index (κ1) is 11.3. The molecule has 0 aromatic carbocycles. The van der Waals surface area contributed by atoms with Gasteiger partial charge < -0.3 is 15.3 Å². The number of hydrogen-bond acceptors (Lipinski definition) is 2. The van der Waals surface area contributed by atoms with Crippen molar-refractivity contribution < 1.29 is 9.90 Å². The highest BCUT2D eigenvalue weighted by molar-refractivity contribution is 5.77. The summed E-state index contributed by atoms with van der Waals surface area (Å²) in [4.78, 5) is 13.2. The van der Waals surface area contributed by atoms with Gasteiger partial charge in [-0.3, -0.25) is 0 Å². The second-order valence-electron chi connectivity index (χ2n) is 3.96. The second kappa shape index (κ2) is 4.64. The van der Waals surface area contributed by atoms with Gasteiger partial charge in [-0.25, -0.2) is 4.79 Å². The molecule has 4 heteroatoms. The zero-order valence-corrected chi connectivity index (χ0v) is 9.05. The molecule has 0 aliphatic carbocycles. The molecule has 0 saturated carbocycles. The van der Waals surface area contributed by atoms with Crippen LogP contribution in [0.5, 0.6) is 0 Å². The van der Waals surface area contributed by atoms with Crippen LogP contribution in [0.15, 0.2) is 0 Å². The summed E-state index contributed by atoms with van der Waals surface area (Å²) in [6.45, 7) is 5.43. The van der Waals surface area contributed by atoms with Crippen LogP contribution in [0.3, 0.4) is 0 Å². The largest absolute Gasteiger partial charge is 0.395 e. The Hall–Kier alpha value is -0.770. The van der Waals surface area contributed by atoms with Crippen molar-refractivity contribution in [3.05, 3.63) is 0 Å². The SMILES string of the molecule is CCCC1(CC)CN(CCO)C(=O)N1. The summed E-state index contributed by atoms with van der Waals surface area (Å²) in [5, 5.41) is 11.8. The average molecular weight is 200 g/mol. The molecule has 1 heterocycles. The Morgan fingerprint density at radius 1 is 1.57 bits per heavy atom. The summed E-state index contributed by atoms with van der Waals surface area (Å²) in [5.41, 5.74) is -0.0546. The minimum atomic E-state index is -0.0546. The number of carbonyl (C=O) groups is 1. The lowest BCUT2D eigenvalue weighted by Gasteiger charge is -2.26. The van der Waals surface area contributed by atoms with E-state index in [-0.39, 0.29) is 18.2 Å². The summed E-state index contributed by atoms with van der Waals surface area (Å²) < 4.78 is 0. The minimum Gasteiger partial charge on any atom is -0.395 e. The van der Waals surface area contributed by atoms with Crippen molar-refractivity contribution in [2.24, 2.45) is 0 Å². The third kappa shape index (κ3) is 2.18. The number of hydrogen-bond donors (Lipinski definition) is 2. The van der Waals surface area contributed by atoms with Gasteiger partial charge in [0, 0.05) is 13.1 Å². The van der Waals surface area contributed by atoms with Crippen LogP contribution in [0.2, 0.25) is 0 Å². The smallest absolute Gasteiger partial charge is 0.318 e. The number of rotatable bonds is 5. The molecule has 0 bridgehead atoms. The number of aliphatic hydroxyl groups is 1. The molecule has 0 aromatic rings. The molecule has 1 rings (SSSR count). The zero-order chi connectivity index (χ0) is 10.6. The normalized spacial score (nSPS) is 26.8. The van der Waals surface area contributed by atoms with Crippen molar-refractivity contribution >= 4 is 6.03 Å². The Kier molecular flexibility index (Phi) is 3.75. The van der Waals surface area contributed by atoms with Gasteiger partial charge in [-0.15, -0.1) is 0 Å². The molecule has 2 amide bonds. The first-order valence-electron chi connectivity index (χ1n) is 5.35. The molecule has 1 saturated heterocycles. The van der Waals surface area contributed by atoms with E-state index in [1.54, 1.807) is 4.90 Å². The highest BCUT2D eigenvalue weighted by atomic mass is 16.3. The summed E-state index contributed by atoms with van der Waals surface area (Å²) in [7, 11) is 0. The van der Waals surface area contributed by atoms with E-state index in [1.807, 2.05) is 0 Å². The van der Waals surface area contributed by atoms with Crippen LogP contribution >= 0.6 is 0 Å². The second-order valence-corrected chi connectivity index (χ2v) is 3.96. The topological polar surface area (TPSA) is 52.6 Å². The molecule has 2 N–H and O–H groups in total. The molecule has 0 spiro atoms. The van der Waals surface area contributed by atoms with Crippen molar-refractivity contribution in [2.45, 2.75) is 38.6 Å². The van der Waals surface area contributed by atoms with Gasteiger partial charge in [0.15, 0.2) is 0 Å². The Bertz CT molecular complexity index is 208. The van der Waals surface area contributed by atoms with Crippen LogP contribution in [-0.4, -0.2) is 41.3 Å². The molecule has 14 heavy (non-hydrogen) atoms. The summed E-state index contributed by atoms with van der Waals surface area (Å²) in [5.74, 6) is 0. The molecule has 0 aromatic heterocycles. The van der Waals surface area contributed by atoms with Crippen molar-refractivity contribution in [3.8, 4) is 0 Å². The molecular weight excluding hydrogens is 180 g/mol. The van der Waals surface area contributed by atoms with Gasteiger partial charge in [-0.2, -0.15) is 0 Å². The number of carbonyl (C=O) groups excluding carboxylic acids is 1. The first-order valence-corrected chi connectivity index (χ1v) is 5.35. The molecule has 4 nitrogen and oxygen atoms in total. The van der Waals surface area contributed by atoms with Crippen LogP contribution in [0.4, 0.5) is 4.79 Å². The fourth-order valence-electron chi connectivity index (χ4n) is 2.08. The van der Waals surface area contributed by atoms with E-state index >= 15 is 0 Å². The standard InChI is InChI=1S/C10H20N2O2/c1-3-5-10(4-2)8-12(6-7-13)9(14)11-10/h13H,3-8H2,1-2H3,(H,11,14). The van der Waals surface area contributed by atoms with Crippen LogP contribution in [0.1, 0.15) is 33.1 Å². The van der Waals surface area contributed by atoms with Crippen molar-refractivity contribution in [3.63, 3.8) is 0 Å². The predicted molar refractivity (Wildman–Crippen MR) is 55.1 cm³/mol. The molecule has 1 fully saturated rings. The third-order valence-electron chi connectivity index (χ3n) is 2.93. The van der Waals surface area contributed by atoms with Gasteiger partial charge in [0.1, 0.15) is 0 Å². The van der Waals surface area contributed by atoms with E-state index in [0.717, 1.165) is 25.8 Å². The van der Waals surface area contributed by atoms with Crippen molar-refractivity contribution in [1.82, 2.24) is 10.2 Å². The summed E-state index contributed by atoms with van der Waals surface area (Å²) >= 11 is 0. The highest BCUT2D eigenvalue weighted by Crippen LogP contribution is 2.24. The number of β-amino-alcohol motifs (C(OH)–C–C–N with tert-alkyl or cyclic N) is 1. The van der Waals surface area contributed by atoms with E-state index in [9.17, 15) is 4.79 Å². The minimum absolute atomic E-state index is 0.0330. The van der Waals surface area contributed by atoms with E-state index in [1.165, 1.54) is 0 Å². The lowest BCUT2D eigenvalue weighted by molar-refractivity contribution is 0.194. The fraction of sp³-hybridized carbons (Fsp3) is 0.900. The Balaban J connectivity index is 2.61. The Labute approximate surface area is 85.3 Å². The van der Waals surface area contributed by atoms with E-state index in [0.29, 0.717) is 6.54 Å². The van der Waals surface area contributed by atoms with Gasteiger partial charge in [-0.05, 0) is 12.8 Å². The van der Waals surface area contributed by atoms with E-state index in [4.69, 9.17) is 5.11 Å². The Morgan fingerprint density at radius 2 is 2.29 bits per heavy atom. The maximum absolute atomic E-state index is 11.5. The van der Waals surface area contributed by atoms with Crippen LogP contribution in [-0.2, 0) is 0 Å². The van der Waals surface area contributed by atoms with Gasteiger partial charge in [0.05, 0.1) is 12.1 Å². The molecular formula is C10H20N2O2. The third-order valence-corrected chi connectivity index (χ3v) is 2.93. The van der Waals surface area contributed by atoms with E-state index in [2.05, 4.69) is 19.2 Å². The fourth-order valence-corrected chi connectivity index (χ4v) is 2.08. The molecule has 0 radical (unpaired) electrons. The molecule has 1 unspecified atom stereocenters. The van der Waals surface area contributed by atoms with Crippen molar-refractivity contribution in [2.75, 3.05) is 19.7 Å². The molecule has 1 aliphatic rings. The maximum atomic E-state index is 11.5. The number of aliphatic hydroxyl groups excluding tert-OH is 1. The lowest BCUT2D eigenvalue weighted by Crippen LogP contribution is -2.42. The molecule has 1 aliphatic heterocycles. The first-order chi connectivity index (χ1) is 6.67. The lowest BCUT2D eigenvalue weighted by atomic mass is 9.92. The van der Waals surface area contributed by atoms with E-state index < -0.39 is 0 Å². The van der Waals surface area contributed by atoms with Crippen LogP contribution < -0.4 is 5.32 Å². The molecule has 1 atom stereocenters. The average Bonchev–Trinajstić information content (AvgIpc) is 2.46. The van der Waals surface area contributed by atoms with Gasteiger partial charge in [0.2, 0.25) is 0 Å². The van der Waals surface area contributed by atoms with Gasteiger partial charge in [-0.1, -0.05) is 20.3 Å². The number of nitrogens with one attached hydrogen (secondary N) is 1. The summed E-state index contributed by atoms with van der Waals surface area (Å²) in [6, 6.07) is -0.0330. The van der Waals surface area contributed by atoms with Crippen LogP contribution in [0.25, 0.3) is 0 Å². The number of amides is 2. The monoisotopic (exact) mass is 200 g/mol. The number of urea groups is 1. The highest BCUT2D eigenvalue weighted by Gasteiger charge is 2.39. The van der Waals surface area contributed by atoms with Crippen LogP contribution in [0, 0.1) is 0 Å². The Morgan fingerprint density at radius 3 is 2.79 bits per heavy atom. The number of nitrogens with zero attached hydrogens (tertiary/aromatic N) is 1. The van der Waals surface area contributed by atoms with Crippen molar-refractivity contribution in [1.29, 1.82) is 0 Å². The maximum Gasteiger partial charge on any atom is 0.318 e. The predicted octanol–water partition coefficient (Wildman–Crippen LogP) is 0.953. The zero-order valence-electron chi connectivity index (χ0n) is 9.05. The quantitative estimate of drug-likeness (QED) is 0.694. The summed E-state index contributed by atoms with van der Waals surface area (Å²) in [6.07, 6.45) is 3.03. The van der Waals surface area contributed by atoms with Gasteiger partial charge >= 0.3 is 6.03 Å². The molecule has 82 valence electrons.